The number of aromatic nitrogens is 1. The van der Waals surface area contributed by atoms with E-state index in [1.165, 1.54) is 37.9 Å². The molecule has 2 heterocycles. The van der Waals surface area contributed by atoms with Gasteiger partial charge >= 0.3 is 0 Å². The molecule has 0 amide bonds. The van der Waals surface area contributed by atoms with Gasteiger partial charge in [0.15, 0.2) is 6.29 Å². The van der Waals surface area contributed by atoms with Crippen molar-refractivity contribution in [1.82, 2.24) is 9.88 Å². The van der Waals surface area contributed by atoms with Crippen molar-refractivity contribution in [2.24, 2.45) is 11.8 Å². The summed E-state index contributed by atoms with van der Waals surface area (Å²) in [7, 11) is 0. The maximum absolute atomic E-state index is 10.6. The third-order valence-electron chi connectivity index (χ3n) is 4.10. The fourth-order valence-electron chi connectivity index (χ4n) is 3.34. The number of likely N-dealkylation sites (tertiary alicyclic amines) is 1. The summed E-state index contributed by atoms with van der Waals surface area (Å²) in [5, 5.41) is 0. The third kappa shape index (κ3) is 1.80. The van der Waals surface area contributed by atoms with E-state index in [2.05, 4.69) is 9.88 Å². The largest absolute Gasteiger partial charge is 0.359 e. The van der Waals surface area contributed by atoms with Gasteiger partial charge in [-0.15, -0.1) is 0 Å². The van der Waals surface area contributed by atoms with Crippen molar-refractivity contribution in [1.29, 1.82) is 0 Å². The highest BCUT2D eigenvalue weighted by Gasteiger charge is 2.35. The van der Waals surface area contributed by atoms with Crippen molar-refractivity contribution in [2.45, 2.75) is 25.8 Å². The van der Waals surface area contributed by atoms with Crippen molar-refractivity contribution in [3.63, 3.8) is 0 Å². The van der Waals surface area contributed by atoms with Gasteiger partial charge in [-0.25, -0.2) is 0 Å². The van der Waals surface area contributed by atoms with E-state index >= 15 is 0 Å². The molecular formula is C13H18N2O. The number of nitrogens with one attached hydrogen (secondary N) is 1. The van der Waals surface area contributed by atoms with Crippen LogP contribution in [0.25, 0.3) is 0 Å². The van der Waals surface area contributed by atoms with Gasteiger partial charge in [0.2, 0.25) is 0 Å². The molecule has 2 aliphatic rings. The standard InChI is InChI=1S/C13H18N2O/c16-9-13-4-10(5-14-13)6-15-7-11-2-1-3-12(11)8-15/h4-5,9,11-12,14H,1-3,6-8H2/t11-,12+. The molecule has 3 nitrogen and oxygen atoms in total. The first-order valence-corrected chi connectivity index (χ1v) is 6.20. The molecule has 2 fully saturated rings. The monoisotopic (exact) mass is 218 g/mol. The van der Waals surface area contributed by atoms with Crippen molar-refractivity contribution >= 4 is 6.29 Å². The van der Waals surface area contributed by atoms with E-state index in [9.17, 15) is 4.79 Å². The van der Waals surface area contributed by atoms with Crippen LogP contribution in [-0.2, 0) is 6.54 Å². The van der Waals surface area contributed by atoms with E-state index in [-0.39, 0.29) is 0 Å². The molecule has 3 heteroatoms. The van der Waals surface area contributed by atoms with Gasteiger partial charge in [-0.3, -0.25) is 9.69 Å². The van der Waals surface area contributed by atoms with Crippen LogP contribution in [0.15, 0.2) is 12.3 Å². The molecule has 1 aliphatic carbocycles. The Balaban J connectivity index is 1.61. The molecule has 1 aromatic heterocycles. The number of H-pyrrole nitrogens is 1. The van der Waals surface area contributed by atoms with E-state index in [0.29, 0.717) is 5.69 Å². The summed E-state index contributed by atoms with van der Waals surface area (Å²) in [4.78, 5) is 16.1. The van der Waals surface area contributed by atoms with Gasteiger partial charge in [0, 0.05) is 25.8 Å². The second-order valence-electron chi connectivity index (χ2n) is 5.23. The predicted molar refractivity (Wildman–Crippen MR) is 62.3 cm³/mol. The van der Waals surface area contributed by atoms with Crippen LogP contribution in [0.5, 0.6) is 0 Å². The minimum absolute atomic E-state index is 0.689. The molecule has 3 rings (SSSR count). The minimum Gasteiger partial charge on any atom is -0.359 e. The van der Waals surface area contributed by atoms with Gasteiger partial charge in [-0.05, 0) is 36.3 Å². The van der Waals surface area contributed by atoms with Crippen LogP contribution in [0.3, 0.4) is 0 Å². The zero-order valence-electron chi connectivity index (χ0n) is 9.48. The fourth-order valence-corrected chi connectivity index (χ4v) is 3.34. The summed E-state index contributed by atoms with van der Waals surface area (Å²) in [5.41, 5.74) is 1.93. The quantitative estimate of drug-likeness (QED) is 0.788. The number of aldehydes is 1. The molecule has 16 heavy (non-hydrogen) atoms. The smallest absolute Gasteiger partial charge is 0.166 e. The topological polar surface area (TPSA) is 36.1 Å². The summed E-state index contributed by atoms with van der Waals surface area (Å²) in [5.74, 6) is 1.90. The summed E-state index contributed by atoms with van der Waals surface area (Å²) >= 11 is 0. The van der Waals surface area contributed by atoms with E-state index in [1.807, 2.05) is 12.3 Å². The summed E-state index contributed by atoms with van der Waals surface area (Å²) < 4.78 is 0. The zero-order valence-corrected chi connectivity index (χ0v) is 9.48. The van der Waals surface area contributed by atoms with Crippen LogP contribution in [0, 0.1) is 11.8 Å². The normalized spacial score (nSPS) is 29.5. The number of fused-ring (bicyclic) bond motifs is 1. The third-order valence-corrected chi connectivity index (χ3v) is 4.10. The number of rotatable bonds is 3. The lowest BCUT2D eigenvalue weighted by Gasteiger charge is -2.15. The van der Waals surface area contributed by atoms with Crippen LogP contribution in [0.4, 0.5) is 0 Å². The summed E-state index contributed by atoms with van der Waals surface area (Å²) in [6.07, 6.45) is 7.12. The SMILES string of the molecule is O=Cc1cc(CN2C[C@H]3CCC[C@H]3C2)c[nH]1. The molecular weight excluding hydrogens is 200 g/mol. The van der Waals surface area contributed by atoms with Crippen molar-refractivity contribution in [3.05, 3.63) is 23.5 Å². The van der Waals surface area contributed by atoms with Crippen LogP contribution < -0.4 is 0 Å². The number of hydrogen-bond acceptors (Lipinski definition) is 2. The summed E-state index contributed by atoms with van der Waals surface area (Å²) in [6, 6.07) is 1.96. The van der Waals surface area contributed by atoms with Crippen molar-refractivity contribution < 1.29 is 4.79 Å². The Labute approximate surface area is 95.8 Å². The highest BCUT2D eigenvalue weighted by atomic mass is 16.1. The molecule has 0 aromatic carbocycles. The fraction of sp³-hybridized carbons (Fsp3) is 0.615. The van der Waals surface area contributed by atoms with Gasteiger partial charge in [-0.1, -0.05) is 6.42 Å². The maximum Gasteiger partial charge on any atom is 0.166 e. The van der Waals surface area contributed by atoms with Crippen LogP contribution in [-0.4, -0.2) is 29.3 Å². The molecule has 1 saturated heterocycles. The molecule has 0 bridgehead atoms. The Morgan fingerprint density at radius 3 is 2.75 bits per heavy atom. The molecule has 2 atom stereocenters. The van der Waals surface area contributed by atoms with Crippen LogP contribution in [0.1, 0.15) is 35.3 Å². The van der Waals surface area contributed by atoms with Gasteiger partial charge in [-0.2, -0.15) is 0 Å². The average Bonchev–Trinajstić information content (AvgIpc) is 2.92. The number of carbonyl (C=O) groups is 1. The van der Waals surface area contributed by atoms with Crippen molar-refractivity contribution in [2.75, 3.05) is 13.1 Å². The zero-order chi connectivity index (χ0) is 11.0. The molecule has 0 unspecified atom stereocenters. The van der Waals surface area contributed by atoms with Gasteiger partial charge in [0.25, 0.3) is 0 Å². The van der Waals surface area contributed by atoms with Gasteiger partial charge < -0.3 is 4.98 Å². The summed E-state index contributed by atoms with van der Waals surface area (Å²) in [6.45, 7) is 3.51. The van der Waals surface area contributed by atoms with Gasteiger partial charge in [0.05, 0.1) is 5.69 Å². The molecule has 1 aromatic rings. The molecule has 1 saturated carbocycles. The van der Waals surface area contributed by atoms with E-state index in [4.69, 9.17) is 0 Å². The Morgan fingerprint density at radius 1 is 1.38 bits per heavy atom. The average molecular weight is 218 g/mol. The van der Waals surface area contributed by atoms with Crippen LogP contribution in [0.2, 0.25) is 0 Å². The predicted octanol–water partition coefficient (Wildman–Crippen LogP) is 2.06. The maximum atomic E-state index is 10.6. The second-order valence-corrected chi connectivity index (χ2v) is 5.23. The Hall–Kier alpha value is -1.09. The van der Waals surface area contributed by atoms with E-state index < -0.39 is 0 Å². The number of aromatic amines is 1. The highest BCUT2D eigenvalue weighted by molar-refractivity contribution is 5.72. The molecule has 86 valence electrons. The lowest BCUT2D eigenvalue weighted by atomic mass is 10.0. The van der Waals surface area contributed by atoms with Crippen molar-refractivity contribution in [3.8, 4) is 0 Å². The number of hydrogen-bond donors (Lipinski definition) is 1. The number of nitrogens with zero attached hydrogens (tertiary/aromatic N) is 1. The Kier molecular flexibility index (Phi) is 2.56. The molecule has 1 N–H and O–H groups in total. The Morgan fingerprint density at radius 2 is 2.12 bits per heavy atom. The highest BCUT2D eigenvalue weighted by Crippen LogP contribution is 2.38. The lowest BCUT2D eigenvalue weighted by molar-refractivity contribution is 0.111. The molecule has 1 aliphatic heterocycles. The Bertz CT molecular complexity index is 373. The van der Waals surface area contributed by atoms with Gasteiger partial charge in [0.1, 0.15) is 0 Å². The number of carbonyl (C=O) groups excluding carboxylic acids is 1. The first-order valence-electron chi connectivity index (χ1n) is 6.20. The second kappa shape index (κ2) is 4.06. The minimum atomic E-state index is 0.689. The first kappa shape index (κ1) is 10.1. The lowest BCUT2D eigenvalue weighted by Crippen LogP contribution is -2.20. The molecule has 0 spiro atoms. The van der Waals surface area contributed by atoms with Crippen LogP contribution >= 0.6 is 0 Å². The van der Waals surface area contributed by atoms with E-state index in [0.717, 1.165) is 24.7 Å². The van der Waals surface area contributed by atoms with E-state index in [1.54, 1.807) is 0 Å². The first-order chi connectivity index (χ1) is 7.85. The molecule has 0 radical (unpaired) electrons.